The van der Waals surface area contributed by atoms with Crippen LogP contribution in [0.3, 0.4) is 0 Å². The van der Waals surface area contributed by atoms with Crippen LogP contribution < -0.4 is 6.15 Å². The van der Waals surface area contributed by atoms with E-state index in [1.165, 1.54) is 13.1 Å². The highest BCUT2D eigenvalue weighted by atomic mass is 15.1. The predicted molar refractivity (Wildman–Crippen MR) is 52.2 cm³/mol. The summed E-state index contributed by atoms with van der Waals surface area (Å²) in [5, 5.41) is 0. The summed E-state index contributed by atoms with van der Waals surface area (Å²) in [6.07, 6.45) is 0. The number of rotatable bonds is 4. The van der Waals surface area contributed by atoms with Gasteiger partial charge in [0.25, 0.3) is 0 Å². The molecule has 2 nitrogen and oxygen atoms in total. The molecule has 11 heavy (non-hydrogen) atoms. The number of nitrogens with zero attached hydrogens (tertiary/aromatic N) is 1. The molecule has 0 aliphatic carbocycles. The van der Waals surface area contributed by atoms with Crippen molar-refractivity contribution in [2.24, 2.45) is 5.92 Å². The van der Waals surface area contributed by atoms with Gasteiger partial charge in [-0.2, -0.15) is 0 Å². The van der Waals surface area contributed by atoms with Crippen LogP contribution in [0.4, 0.5) is 0 Å². The molecule has 0 aromatic carbocycles. The predicted octanol–water partition coefficient (Wildman–Crippen LogP) is 2.53. The summed E-state index contributed by atoms with van der Waals surface area (Å²) in [5.41, 5.74) is 0. The fourth-order valence-corrected chi connectivity index (χ4v) is 1.17. The van der Waals surface area contributed by atoms with Crippen molar-refractivity contribution in [1.29, 1.82) is 0 Å². The lowest BCUT2D eigenvalue weighted by Gasteiger charge is -2.26. The van der Waals surface area contributed by atoms with Crippen molar-refractivity contribution in [2.75, 3.05) is 13.1 Å². The topological polar surface area (TPSA) is 38.2 Å². The lowest BCUT2D eigenvalue weighted by molar-refractivity contribution is 0.208. The van der Waals surface area contributed by atoms with Gasteiger partial charge in [-0.1, -0.05) is 20.8 Å². The average molecular weight is 160 g/mol. The number of hydrogen-bond donors (Lipinski definition) is 1. The molecule has 0 heterocycles. The molecule has 0 bridgehead atoms. The van der Waals surface area contributed by atoms with E-state index in [0.717, 1.165) is 5.92 Å². The summed E-state index contributed by atoms with van der Waals surface area (Å²) in [4.78, 5) is 2.49. The second kappa shape index (κ2) is 6.62. The van der Waals surface area contributed by atoms with Crippen LogP contribution in [0.15, 0.2) is 0 Å². The minimum atomic E-state index is 0. The zero-order valence-electron chi connectivity index (χ0n) is 8.72. The molecule has 0 unspecified atom stereocenters. The van der Waals surface area contributed by atoms with E-state index in [4.69, 9.17) is 0 Å². The van der Waals surface area contributed by atoms with Crippen molar-refractivity contribution < 1.29 is 0 Å². The third kappa shape index (κ3) is 6.32. The fraction of sp³-hybridized carbons (Fsp3) is 1.00. The van der Waals surface area contributed by atoms with Crippen LogP contribution in [0.25, 0.3) is 0 Å². The standard InChI is InChI=1S/C9H21N.H3N/c1-6-10(9(4)5)7-8(2)3;/h8-9H,6-7H2,1-5H3;1H3. The van der Waals surface area contributed by atoms with E-state index in [0.29, 0.717) is 6.04 Å². The van der Waals surface area contributed by atoms with E-state index < -0.39 is 0 Å². The van der Waals surface area contributed by atoms with Crippen molar-refractivity contribution in [3.63, 3.8) is 0 Å². The Labute approximate surface area is 71.6 Å². The Balaban J connectivity index is 0. The van der Waals surface area contributed by atoms with Gasteiger partial charge in [-0.15, -0.1) is 0 Å². The summed E-state index contributed by atoms with van der Waals surface area (Å²) in [7, 11) is 0. The summed E-state index contributed by atoms with van der Waals surface area (Å²) in [5.74, 6) is 0.794. The lowest BCUT2D eigenvalue weighted by Crippen LogP contribution is -2.33. The smallest absolute Gasteiger partial charge is 0.00385 e. The molecular weight excluding hydrogens is 136 g/mol. The van der Waals surface area contributed by atoms with Gasteiger partial charge in [-0.05, 0) is 26.3 Å². The van der Waals surface area contributed by atoms with Crippen LogP contribution in [0.5, 0.6) is 0 Å². The highest BCUT2D eigenvalue weighted by molar-refractivity contribution is 4.61. The van der Waals surface area contributed by atoms with E-state index in [1.54, 1.807) is 0 Å². The van der Waals surface area contributed by atoms with Gasteiger partial charge in [0.15, 0.2) is 0 Å². The maximum Gasteiger partial charge on any atom is 0.00385 e. The van der Waals surface area contributed by atoms with Crippen LogP contribution in [0.1, 0.15) is 34.6 Å². The monoisotopic (exact) mass is 160 g/mol. The zero-order valence-corrected chi connectivity index (χ0v) is 8.72. The Hall–Kier alpha value is -0.0800. The molecule has 0 atom stereocenters. The fourth-order valence-electron chi connectivity index (χ4n) is 1.17. The summed E-state index contributed by atoms with van der Waals surface area (Å²) < 4.78 is 0. The first-order valence-electron chi connectivity index (χ1n) is 4.32. The normalized spacial score (nSPS) is 10.9. The highest BCUT2D eigenvalue weighted by Gasteiger charge is 2.07. The summed E-state index contributed by atoms with van der Waals surface area (Å²) >= 11 is 0. The SMILES string of the molecule is CCN(CC(C)C)C(C)C.N. The maximum absolute atomic E-state index is 2.49. The second-order valence-corrected chi connectivity index (χ2v) is 3.58. The molecular formula is C9H24N2. The van der Waals surface area contributed by atoms with Gasteiger partial charge in [0, 0.05) is 12.6 Å². The Morgan fingerprint density at radius 3 is 1.64 bits per heavy atom. The summed E-state index contributed by atoms with van der Waals surface area (Å²) in [6, 6.07) is 0.701. The Morgan fingerprint density at radius 1 is 1.09 bits per heavy atom. The number of hydrogen-bond acceptors (Lipinski definition) is 2. The van der Waals surface area contributed by atoms with E-state index in [9.17, 15) is 0 Å². The molecule has 0 aliphatic rings. The van der Waals surface area contributed by atoms with Crippen LogP contribution in [0, 0.1) is 5.92 Å². The first-order valence-corrected chi connectivity index (χ1v) is 4.32. The van der Waals surface area contributed by atoms with Gasteiger partial charge in [0.2, 0.25) is 0 Å². The van der Waals surface area contributed by atoms with Gasteiger partial charge in [0.1, 0.15) is 0 Å². The van der Waals surface area contributed by atoms with E-state index in [2.05, 4.69) is 39.5 Å². The second-order valence-electron chi connectivity index (χ2n) is 3.58. The van der Waals surface area contributed by atoms with Crippen molar-refractivity contribution >= 4 is 0 Å². The van der Waals surface area contributed by atoms with Crippen LogP contribution >= 0.6 is 0 Å². The molecule has 0 fully saturated rings. The van der Waals surface area contributed by atoms with Gasteiger partial charge in [-0.3, -0.25) is 0 Å². The molecule has 0 aliphatic heterocycles. The Bertz CT molecular complexity index is 79.6. The molecule has 70 valence electrons. The third-order valence-corrected chi connectivity index (χ3v) is 1.74. The van der Waals surface area contributed by atoms with E-state index in [1.807, 2.05) is 0 Å². The quantitative estimate of drug-likeness (QED) is 0.686. The molecule has 0 rings (SSSR count). The van der Waals surface area contributed by atoms with Crippen molar-refractivity contribution in [2.45, 2.75) is 40.7 Å². The molecule has 0 radical (unpaired) electrons. The molecule has 0 saturated heterocycles. The molecule has 0 aromatic heterocycles. The zero-order chi connectivity index (χ0) is 8.15. The first-order chi connectivity index (χ1) is 4.57. The molecule has 2 heteroatoms. The van der Waals surface area contributed by atoms with Crippen molar-refractivity contribution in [3.05, 3.63) is 0 Å². The Kier molecular flexibility index (Phi) is 8.13. The lowest BCUT2D eigenvalue weighted by atomic mass is 10.2. The molecule has 3 N–H and O–H groups in total. The maximum atomic E-state index is 2.49. The largest absolute Gasteiger partial charge is 0.344 e. The van der Waals surface area contributed by atoms with E-state index >= 15 is 0 Å². The van der Waals surface area contributed by atoms with Crippen molar-refractivity contribution in [1.82, 2.24) is 11.1 Å². The van der Waals surface area contributed by atoms with Gasteiger partial charge < -0.3 is 11.1 Å². The van der Waals surface area contributed by atoms with Crippen molar-refractivity contribution in [3.8, 4) is 0 Å². The Morgan fingerprint density at radius 2 is 1.55 bits per heavy atom. The molecule has 0 saturated carbocycles. The molecule has 0 spiro atoms. The van der Waals surface area contributed by atoms with Gasteiger partial charge >= 0.3 is 0 Å². The molecule has 0 amide bonds. The first kappa shape index (κ1) is 13.5. The molecule has 0 aromatic rings. The minimum Gasteiger partial charge on any atom is -0.344 e. The third-order valence-electron chi connectivity index (χ3n) is 1.74. The minimum absolute atomic E-state index is 0. The van der Waals surface area contributed by atoms with Gasteiger partial charge in [-0.25, -0.2) is 0 Å². The van der Waals surface area contributed by atoms with Gasteiger partial charge in [0.05, 0.1) is 0 Å². The highest BCUT2D eigenvalue weighted by Crippen LogP contribution is 2.02. The van der Waals surface area contributed by atoms with E-state index in [-0.39, 0.29) is 6.15 Å². The van der Waals surface area contributed by atoms with Crippen LogP contribution in [-0.2, 0) is 0 Å². The van der Waals surface area contributed by atoms with Crippen LogP contribution in [-0.4, -0.2) is 24.0 Å². The average Bonchev–Trinajstić information content (AvgIpc) is 1.81. The van der Waals surface area contributed by atoms with Crippen LogP contribution in [0.2, 0.25) is 0 Å². The summed E-state index contributed by atoms with van der Waals surface area (Å²) in [6.45, 7) is 13.7.